The molecule has 0 rings (SSSR count). The average Bonchev–Trinajstić information content (AvgIpc) is 0.918. The fourth-order valence-electron chi connectivity index (χ4n) is 0. The van der Waals surface area contributed by atoms with Gasteiger partial charge in [-0.3, -0.25) is 4.39 Å². The smallest absolute Gasteiger partial charge is 0 e. The summed E-state index contributed by atoms with van der Waals surface area (Å²) in [5.41, 5.74) is 0. The van der Waals surface area contributed by atoms with Gasteiger partial charge in [-0.15, -0.1) is 0 Å². The van der Waals surface area contributed by atoms with Crippen molar-refractivity contribution in [2.75, 3.05) is 0 Å². The van der Waals surface area contributed by atoms with Crippen molar-refractivity contribution in [1.29, 1.82) is 0 Å². The minimum atomic E-state index is 0. The van der Waals surface area contributed by atoms with Crippen LogP contribution in [0.15, 0.2) is 6.33 Å². The van der Waals surface area contributed by atoms with Gasteiger partial charge in [-0.05, 0) is 0 Å². The molecule has 0 atom stereocenters. The predicted octanol–water partition coefficient (Wildman–Crippen LogP) is 1.35. The van der Waals surface area contributed by atoms with Crippen LogP contribution in [0.4, 0.5) is 4.39 Å². The third kappa shape index (κ3) is 100. The summed E-state index contributed by atoms with van der Waals surface area (Å²) in [5.74, 6) is 0. The van der Waals surface area contributed by atoms with E-state index in [0.717, 1.165) is 0 Å². The van der Waals surface area contributed by atoms with Crippen LogP contribution in [0, 0.1) is 14.0 Å². The quantitative estimate of drug-likeness (QED) is 0.441. The van der Waals surface area contributed by atoms with Crippen LogP contribution in [0.1, 0.15) is 0 Å². The summed E-state index contributed by atoms with van der Waals surface area (Å²) in [4.78, 5) is 0. The molecule has 0 aliphatic heterocycles. The molecule has 0 fully saturated rings. The maximum Gasteiger partial charge on any atom is 0 e. The number of rotatable bonds is 0. The Labute approximate surface area is 50.9 Å². The van der Waals surface area contributed by atoms with Crippen molar-refractivity contribution in [1.82, 2.24) is 0 Å². The molecule has 0 aliphatic rings. The third-order valence-corrected chi connectivity index (χ3v) is 0. The number of halogens is 1. The second kappa shape index (κ2) is 24.0. The van der Waals surface area contributed by atoms with Crippen molar-refractivity contribution >= 4 is 0 Å². The molecule has 0 amide bonds. The van der Waals surface area contributed by atoms with Crippen LogP contribution in [0.2, 0.25) is 0 Å². The molecule has 30 valence electrons. The molecule has 0 aromatic heterocycles. The fraction of sp³-hybridized carbons (Fsp3) is 0. The maximum absolute atomic E-state index is 9.94. The largest absolute Gasteiger partial charge is 0.484 e. The molecule has 0 nitrogen and oxygen atoms in total. The standard InChI is InChI=1S/C2H2F.CH3.Hf/c1-2-3;;/h1-2H;1H3;/q2*-1;. The van der Waals surface area contributed by atoms with Gasteiger partial charge in [0.1, 0.15) is 0 Å². The first-order valence-electron chi connectivity index (χ1n) is 0.552. The molecule has 0 saturated carbocycles. The zero-order valence-electron chi connectivity index (χ0n) is 3.03. The van der Waals surface area contributed by atoms with E-state index in [1.807, 2.05) is 0 Å². The van der Waals surface area contributed by atoms with Gasteiger partial charge >= 0.3 is 0 Å². The van der Waals surface area contributed by atoms with Crippen LogP contribution in [0.5, 0.6) is 0 Å². The summed E-state index contributed by atoms with van der Waals surface area (Å²) >= 11 is 0. The van der Waals surface area contributed by atoms with Gasteiger partial charge in [0.15, 0.2) is 0 Å². The van der Waals surface area contributed by atoms with Gasteiger partial charge in [0, 0.05) is 25.8 Å². The van der Waals surface area contributed by atoms with E-state index in [4.69, 9.17) is 0 Å². The average molecular weight is 239 g/mol. The van der Waals surface area contributed by atoms with Crippen LogP contribution in [-0.4, -0.2) is 0 Å². The van der Waals surface area contributed by atoms with Crippen LogP contribution in [0.25, 0.3) is 0 Å². The Morgan fingerprint density at radius 1 is 1.60 bits per heavy atom. The van der Waals surface area contributed by atoms with Gasteiger partial charge in [-0.25, -0.2) is 0 Å². The first kappa shape index (κ1) is 17.7. The molecule has 0 aromatic rings. The monoisotopic (exact) mass is 240 g/mol. The SMILES string of the molecule is [CH-]=CF.[CH3-].[Hf]. The first-order chi connectivity index (χ1) is 1.41. The van der Waals surface area contributed by atoms with Gasteiger partial charge in [0.05, 0.1) is 0 Å². The van der Waals surface area contributed by atoms with Gasteiger partial charge < -0.3 is 14.0 Å². The van der Waals surface area contributed by atoms with Crippen molar-refractivity contribution in [3.8, 4) is 0 Å². The summed E-state index contributed by atoms with van der Waals surface area (Å²) in [6.45, 7) is 4.06. The molecule has 0 spiro atoms. The Balaban J connectivity index is -0.0000000200. The first-order valence-corrected chi connectivity index (χ1v) is 0.552. The maximum atomic E-state index is 9.94. The molecule has 0 bridgehead atoms. The molecule has 0 aromatic carbocycles. The van der Waals surface area contributed by atoms with Gasteiger partial charge in [0.25, 0.3) is 0 Å². The topological polar surface area (TPSA) is 0 Å². The molecule has 0 N–H and O–H groups in total. The van der Waals surface area contributed by atoms with E-state index < -0.39 is 0 Å². The van der Waals surface area contributed by atoms with E-state index in [9.17, 15) is 4.39 Å². The van der Waals surface area contributed by atoms with E-state index in [1.165, 1.54) is 0 Å². The van der Waals surface area contributed by atoms with Gasteiger partial charge in [0.2, 0.25) is 0 Å². The Morgan fingerprint density at radius 2 is 1.60 bits per heavy atom. The molecule has 0 radical (unpaired) electrons. The van der Waals surface area contributed by atoms with Gasteiger partial charge in [-0.2, -0.15) is 0 Å². The van der Waals surface area contributed by atoms with Crippen molar-refractivity contribution in [3.05, 3.63) is 20.3 Å². The van der Waals surface area contributed by atoms with Crippen LogP contribution in [0.3, 0.4) is 0 Å². The molecular formula is C3H5FHf-2. The van der Waals surface area contributed by atoms with E-state index in [2.05, 4.69) is 6.58 Å². The summed E-state index contributed by atoms with van der Waals surface area (Å²) in [7, 11) is 0. The molecule has 0 saturated heterocycles. The summed E-state index contributed by atoms with van der Waals surface area (Å²) in [6.07, 6.45) is 0. The molecule has 2 heteroatoms. The van der Waals surface area contributed by atoms with E-state index in [1.54, 1.807) is 0 Å². The number of hydrogen-bond donors (Lipinski definition) is 0. The van der Waals surface area contributed by atoms with E-state index >= 15 is 0 Å². The normalized spacial score (nSPS) is 2.60. The molecule has 5 heavy (non-hydrogen) atoms. The Kier molecular flexibility index (Phi) is 84.9. The minimum absolute atomic E-state index is 0. The zero-order chi connectivity index (χ0) is 2.71. The number of hydrogen-bond acceptors (Lipinski definition) is 0. The molecular weight excluding hydrogens is 234 g/mol. The van der Waals surface area contributed by atoms with Crippen LogP contribution in [-0.2, 0) is 25.8 Å². The molecule has 0 aliphatic carbocycles. The fourth-order valence-corrected chi connectivity index (χ4v) is 0. The third-order valence-electron chi connectivity index (χ3n) is 0. The predicted molar refractivity (Wildman–Crippen MR) is 16.4 cm³/mol. The van der Waals surface area contributed by atoms with E-state index in [0.29, 0.717) is 0 Å². The summed E-state index contributed by atoms with van der Waals surface area (Å²) in [5, 5.41) is 0. The second-order valence-electron chi connectivity index (χ2n) is 0.126. The summed E-state index contributed by atoms with van der Waals surface area (Å²) in [6, 6.07) is 0. The van der Waals surface area contributed by atoms with Crippen molar-refractivity contribution in [3.63, 3.8) is 0 Å². The molecule has 0 heterocycles. The van der Waals surface area contributed by atoms with Crippen molar-refractivity contribution in [2.24, 2.45) is 0 Å². The Morgan fingerprint density at radius 3 is 1.60 bits per heavy atom. The van der Waals surface area contributed by atoms with Crippen LogP contribution >= 0.6 is 0 Å². The van der Waals surface area contributed by atoms with Gasteiger partial charge in [-0.1, -0.05) is 6.33 Å². The Hall–Kier alpha value is 0.540. The second-order valence-corrected chi connectivity index (χ2v) is 0.126. The Bertz CT molecular complexity index is 14.4. The summed E-state index contributed by atoms with van der Waals surface area (Å²) < 4.78 is 9.94. The van der Waals surface area contributed by atoms with Crippen LogP contribution < -0.4 is 0 Å². The minimum Gasteiger partial charge on any atom is -0.484 e. The zero-order valence-corrected chi connectivity index (χ0v) is 6.63. The molecule has 0 unspecified atom stereocenters. The van der Waals surface area contributed by atoms with E-state index in [-0.39, 0.29) is 39.6 Å². The van der Waals surface area contributed by atoms with Crippen molar-refractivity contribution < 1.29 is 30.2 Å². The van der Waals surface area contributed by atoms with Crippen molar-refractivity contribution in [2.45, 2.75) is 0 Å².